The molecule has 1 aromatic carbocycles. The molecule has 0 atom stereocenters. The van der Waals surface area contributed by atoms with E-state index in [0.29, 0.717) is 0 Å². The number of aromatic nitrogens is 1. The number of nitrogens with zero attached hydrogens (tertiary/aromatic N) is 1. The minimum Gasteiger partial charge on any atom is -0.478 e. The Kier molecular flexibility index (Phi) is 5.05. The van der Waals surface area contributed by atoms with Gasteiger partial charge in [-0.15, -0.1) is 0 Å². The van der Waals surface area contributed by atoms with Crippen molar-refractivity contribution in [1.29, 1.82) is 0 Å². The molecular weight excluding hydrogens is 234 g/mol. The minimum atomic E-state index is -1.06. The average molecular weight is 245 g/mol. The molecule has 1 heterocycles. The summed E-state index contributed by atoms with van der Waals surface area (Å²) in [5.41, 5.74) is 0.167. The molecule has 0 saturated heterocycles. The molecule has 2 aromatic rings. The maximum Gasteiger partial charge on any atom is 0.335 e. The van der Waals surface area contributed by atoms with E-state index in [9.17, 15) is 9.59 Å². The van der Waals surface area contributed by atoms with E-state index in [2.05, 4.69) is 4.98 Å². The molecule has 0 aliphatic heterocycles. The summed E-state index contributed by atoms with van der Waals surface area (Å²) >= 11 is 0. The lowest BCUT2D eigenvalue weighted by Crippen LogP contribution is -1.99. The van der Waals surface area contributed by atoms with Crippen LogP contribution in [0, 0.1) is 0 Å². The van der Waals surface area contributed by atoms with E-state index in [1.165, 1.54) is 24.3 Å². The summed E-state index contributed by atoms with van der Waals surface area (Å²) in [5.74, 6) is -2.13. The summed E-state index contributed by atoms with van der Waals surface area (Å²) in [5, 5.41) is 16.9. The second-order valence-electron chi connectivity index (χ2n) is 3.21. The van der Waals surface area contributed by atoms with E-state index in [1.807, 2.05) is 18.2 Å². The van der Waals surface area contributed by atoms with Crippen LogP contribution in [0.4, 0.5) is 0 Å². The van der Waals surface area contributed by atoms with Gasteiger partial charge in [-0.2, -0.15) is 0 Å². The molecule has 0 radical (unpaired) electrons. The van der Waals surface area contributed by atoms with Crippen molar-refractivity contribution in [2.75, 3.05) is 0 Å². The molecule has 0 aliphatic rings. The lowest BCUT2D eigenvalue weighted by molar-refractivity contribution is 0.0681. The number of hydrogen-bond donors (Lipinski definition) is 2. The Labute approximate surface area is 103 Å². The molecule has 0 bridgehead atoms. The largest absolute Gasteiger partial charge is 0.478 e. The van der Waals surface area contributed by atoms with Crippen LogP contribution in [0.15, 0.2) is 54.9 Å². The second-order valence-corrected chi connectivity index (χ2v) is 3.21. The van der Waals surface area contributed by atoms with Crippen LogP contribution in [0.3, 0.4) is 0 Å². The number of carboxylic acid groups (broad SMARTS) is 2. The van der Waals surface area contributed by atoms with Crippen LogP contribution in [-0.4, -0.2) is 27.1 Å². The van der Waals surface area contributed by atoms with E-state index in [4.69, 9.17) is 10.2 Å². The fraction of sp³-hybridized carbons (Fsp3) is 0. The molecule has 5 nitrogen and oxygen atoms in total. The molecule has 0 fully saturated rings. The Hall–Kier alpha value is -2.69. The minimum absolute atomic E-state index is 0.0833. The van der Waals surface area contributed by atoms with E-state index >= 15 is 0 Å². The Morgan fingerprint density at radius 2 is 1.17 bits per heavy atom. The lowest BCUT2D eigenvalue weighted by Gasteiger charge is -1.94. The van der Waals surface area contributed by atoms with Gasteiger partial charge >= 0.3 is 11.9 Å². The molecule has 0 unspecified atom stereocenters. The van der Waals surface area contributed by atoms with E-state index in [-0.39, 0.29) is 11.1 Å². The second kappa shape index (κ2) is 6.80. The van der Waals surface area contributed by atoms with Gasteiger partial charge in [-0.3, -0.25) is 4.98 Å². The fourth-order valence-electron chi connectivity index (χ4n) is 1.07. The molecule has 0 saturated carbocycles. The molecule has 0 aliphatic carbocycles. The number of carbonyl (C=O) groups is 2. The third kappa shape index (κ3) is 4.44. The van der Waals surface area contributed by atoms with E-state index in [0.717, 1.165) is 0 Å². The monoisotopic (exact) mass is 245 g/mol. The van der Waals surface area contributed by atoms with Gasteiger partial charge in [0.15, 0.2) is 0 Å². The van der Waals surface area contributed by atoms with Gasteiger partial charge in [0.2, 0.25) is 0 Å². The van der Waals surface area contributed by atoms with E-state index in [1.54, 1.807) is 12.4 Å². The van der Waals surface area contributed by atoms with Crippen molar-refractivity contribution in [2.45, 2.75) is 0 Å². The predicted molar refractivity (Wildman–Crippen MR) is 64.6 cm³/mol. The molecule has 2 N–H and O–H groups in total. The van der Waals surface area contributed by atoms with Gasteiger partial charge in [-0.05, 0) is 36.4 Å². The first-order valence-corrected chi connectivity index (χ1v) is 5.03. The molecular formula is C13H11NO4. The highest BCUT2D eigenvalue weighted by atomic mass is 16.4. The Bertz CT molecular complexity index is 449. The summed E-state index contributed by atoms with van der Waals surface area (Å²) in [4.78, 5) is 24.5. The lowest BCUT2D eigenvalue weighted by atomic mass is 10.1. The van der Waals surface area contributed by atoms with Crippen molar-refractivity contribution < 1.29 is 19.8 Å². The van der Waals surface area contributed by atoms with Crippen molar-refractivity contribution >= 4 is 11.9 Å². The predicted octanol–water partition coefficient (Wildman–Crippen LogP) is 2.16. The van der Waals surface area contributed by atoms with Crippen LogP contribution in [0.5, 0.6) is 0 Å². The molecule has 18 heavy (non-hydrogen) atoms. The van der Waals surface area contributed by atoms with Gasteiger partial charge < -0.3 is 10.2 Å². The zero-order chi connectivity index (χ0) is 13.4. The van der Waals surface area contributed by atoms with Crippen LogP contribution in [0.25, 0.3) is 0 Å². The standard InChI is InChI=1S/C8H6O4.C5H5N/c9-7(10)5-1-2-6(4-3-5)8(11)12;1-2-4-6-5-3-1/h1-4H,(H,9,10)(H,11,12);1-5H. The smallest absolute Gasteiger partial charge is 0.335 e. The summed E-state index contributed by atoms with van der Waals surface area (Å²) in [6, 6.07) is 10.7. The third-order valence-electron chi connectivity index (χ3n) is 1.95. The van der Waals surface area contributed by atoms with Gasteiger partial charge in [-0.1, -0.05) is 6.07 Å². The highest BCUT2D eigenvalue weighted by Crippen LogP contribution is 2.03. The van der Waals surface area contributed by atoms with Crippen molar-refractivity contribution in [3.8, 4) is 0 Å². The van der Waals surface area contributed by atoms with Crippen LogP contribution in [-0.2, 0) is 0 Å². The van der Waals surface area contributed by atoms with Crippen molar-refractivity contribution in [3.63, 3.8) is 0 Å². The van der Waals surface area contributed by atoms with Gasteiger partial charge in [0.05, 0.1) is 11.1 Å². The Morgan fingerprint density at radius 3 is 1.33 bits per heavy atom. The SMILES string of the molecule is O=C(O)c1ccc(C(=O)O)cc1.c1ccncc1. The Balaban J connectivity index is 0.000000225. The van der Waals surface area contributed by atoms with Gasteiger partial charge in [0, 0.05) is 12.4 Å². The van der Waals surface area contributed by atoms with Crippen LogP contribution >= 0.6 is 0 Å². The van der Waals surface area contributed by atoms with Crippen molar-refractivity contribution in [2.24, 2.45) is 0 Å². The first-order valence-electron chi connectivity index (χ1n) is 5.03. The van der Waals surface area contributed by atoms with Crippen LogP contribution in [0.2, 0.25) is 0 Å². The summed E-state index contributed by atoms with van der Waals surface area (Å²) in [6.45, 7) is 0. The molecule has 5 heteroatoms. The number of pyridine rings is 1. The van der Waals surface area contributed by atoms with E-state index < -0.39 is 11.9 Å². The van der Waals surface area contributed by atoms with Crippen molar-refractivity contribution in [1.82, 2.24) is 4.98 Å². The first kappa shape index (κ1) is 13.4. The topological polar surface area (TPSA) is 87.5 Å². The maximum atomic E-state index is 10.3. The maximum absolute atomic E-state index is 10.3. The zero-order valence-corrected chi connectivity index (χ0v) is 9.35. The molecule has 0 amide bonds. The number of aromatic carboxylic acids is 2. The number of rotatable bonds is 2. The summed E-state index contributed by atoms with van der Waals surface area (Å²) in [6.07, 6.45) is 3.50. The van der Waals surface area contributed by atoms with Crippen LogP contribution < -0.4 is 0 Å². The van der Waals surface area contributed by atoms with Gasteiger partial charge in [0.25, 0.3) is 0 Å². The number of benzene rings is 1. The fourth-order valence-corrected chi connectivity index (χ4v) is 1.07. The van der Waals surface area contributed by atoms with Crippen molar-refractivity contribution in [3.05, 3.63) is 66.0 Å². The van der Waals surface area contributed by atoms with Gasteiger partial charge in [-0.25, -0.2) is 9.59 Å². The molecule has 92 valence electrons. The average Bonchev–Trinajstić information content (AvgIpc) is 2.41. The number of carboxylic acids is 2. The summed E-state index contributed by atoms with van der Waals surface area (Å²) < 4.78 is 0. The highest BCUT2D eigenvalue weighted by molar-refractivity contribution is 5.91. The molecule has 1 aromatic heterocycles. The molecule has 0 spiro atoms. The summed E-state index contributed by atoms with van der Waals surface area (Å²) in [7, 11) is 0. The first-order chi connectivity index (χ1) is 8.61. The van der Waals surface area contributed by atoms with Gasteiger partial charge in [0.1, 0.15) is 0 Å². The quantitative estimate of drug-likeness (QED) is 0.846. The third-order valence-corrected chi connectivity index (χ3v) is 1.95. The normalized spacial score (nSPS) is 8.89. The zero-order valence-electron chi connectivity index (χ0n) is 9.35. The number of hydrogen-bond acceptors (Lipinski definition) is 3. The van der Waals surface area contributed by atoms with Crippen LogP contribution in [0.1, 0.15) is 20.7 Å². The highest BCUT2D eigenvalue weighted by Gasteiger charge is 2.04. The molecule has 2 rings (SSSR count). The Morgan fingerprint density at radius 1 is 0.778 bits per heavy atom.